The number of carbonyl (C=O) groups excluding carboxylic acids is 2. The summed E-state index contributed by atoms with van der Waals surface area (Å²) in [5.74, 6) is -0.627. The molecule has 2 amide bonds. The van der Waals surface area contributed by atoms with Crippen molar-refractivity contribution in [1.82, 2.24) is 5.32 Å². The van der Waals surface area contributed by atoms with E-state index in [9.17, 15) is 14.9 Å². The number of thioether (sulfide) groups is 1. The molecular weight excluding hydrogens is 442 g/mol. The zero-order valence-corrected chi connectivity index (χ0v) is 20.7. The van der Waals surface area contributed by atoms with Gasteiger partial charge < -0.3 is 5.32 Å². The Balaban J connectivity index is 1.93. The summed E-state index contributed by atoms with van der Waals surface area (Å²) in [6, 6.07) is 18.1. The first-order chi connectivity index (χ1) is 16.5. The summed E-state index contributed by atoms with van der Waals surface area (Å²) in [7, 11) is 0. The minimum Gasteiger partial charge on any atom is -0.348 e. The largest absolute Gasteiger partial charge is 0.348 e. The predicted octanol–water partition coefficient (Wildman–Crippen LogP) is 5.32. The molecule has 1 aliphatic heterocycles. The summed E-state index contributed by atoms with van der Waals surface area (Å²) >= 11 is 1.29. The summed E-state index contributed by atoms with van der Waals surface area (Å²) in [4.78, 5) is 27.8. The van der Waals surface area contributed by atoms with Crippen LogP contribution >= 0.6 is 11.8 Å². The van der Waals surface area contributed by atoms with E-state index in [1.807, 2.05) is 30.3 Å². The number of carbonyl (C=O) groups is 2. The highest BCUT2D eigenvalue weighted by molar-refractivity contribution is 8.05. The molecule has 176 valence electrons. The molecule has 0 bridgehead atoms. The first kappa shape index (κ1) is 25.3. The summed E-state index contributed by atoms with van der Waals surface area (Å²) in [5.41, 5.74) is 4.10. The van der Waals surface area contributed by atoms with Crippen molar-refractivity contribution in [2.45, 2.75) is 51.2 Å². The van der Waals surface area contributed by atoms with Crippen LogP contribution in [0.3, 0.4) is 0 Å². The van der Waals surface area contributed by atoms with Crippen molar-refractivity contribution in [2.24, 2.45) is 0 Å². The number of hydrogen-bond donors (Lipinski definition) is 1. The van der Waals surface area contributed by atoms with Crippen LogP contribution in [-0.2, 0) is 28.9 Å². The Morgan fingerprint density at radius 1 is 1.12 bits per heavy atom. The molecule has 1 aliphatic rings. The summed E-state index contributed by atoms with van der Waals surface area (Å²) in [6.07, 6.45) is 6.32. The van der Waals surface area contributed by atoms with E-state index in [0.717, 1.165) is 36.8 Å². The second-order valence-corrected chi connectivity index (χ2v) is 9.41. The number of unbranched alkanes of at least 4 members (excludes halogenated alkanes) is 1. The average Bonchev–Trinajstić information content (AvgIpc) is 3.18. The number of nitrogens with one attached hydrogen (secondary N) is 1. The lowest BCUT2D eigenvalue weighted by molar-refractivity contribution is -0.117. The van der Waals surface area contributed by atoms with E-state index in [-0.39, 0.29) is 18.0 Å². The van der Waals surface area contributed by atoms with Gasteiger partial charge in [0.25, 0.3) is 5.91 Å². The van der Waals surface area contributed by atoms with Gasteiger partial charge in [-0.1, -0.05) is 74.5 Å². The Labute approximate surface area is 206 Å². The van der Waals surface area contributed by atoms with Gasteiger partial charge >= 0.3 is 0 Å². The standard InChI is InChI=1S/C28H31N3O2S/c1-4-7-8-21-9-11-22(12-10-21)18-25-27(33)31(23-15-13-20(6-3)14-16-23)28(34-25)24(19-29)26(32)30-17-5-2/h5,9-16,25H,2,4,6-8,17-18H2,1,3H3,(H,30,32)/b28-24-. The number of rotatable bonds is 10. The molecule has 34 heavy (non-hydrogen) atoms. The van der Waals surface area contributed by atoms with Gasteiger partial charge in [-0.25, -0.2) is 0 Å². The molecule has 1 saturated heterocycles. The van der Waals surface area contributed by atoms with Gasteiger partial charge in [-0.05, 0) is 54.5 Å². The van der Waals surface area contributed by atoms with Crippen LogP contribution in [0.5, 0.6) is 0 Å². The third kappa shape index (κ3) is 5.98. The van der Waals surface area contributed by atoms with Crippen LogP contribution in [0.4, 0.5) is 5.69 Å². The van der Waals surface area contributed by atoms with Gasteiger partial charge in [-0.2, -0.15) is 5.26 Å². The maximum Gasteiger partial charge on any atom is 0.264 e. The average molecular weight is 474 g/mol. The number of amides is 2. The highest BCUT2D eigenvalue weighted by atomic mass is 32.2. The third-order valence-corrected chi connectivity index (χ3v) is 7.04. The van der Waals surface area contributed by atoms with Crippen LogP contribution in [0.1, 0.15) is 43.4 Å². The summed E-state index contributed by atoms with van der Waals surface area (Å²) in [5, 5.41) is 12.4. The van der Waals surface area contributed by atoms with E-state index >= 15 is 0 Å². The van der Waals surface area contributed by atoms with Gasteiger partial charge in [-0.3, -0.25) is 14.5 Å². The van der Waals surface area contributed by atoms with E-state index < -0.39 is 11.2 Å². The van der Waals surface area contributed by atoms with E-state index in [1.54, 1.807) is 6.08 Å². The van der Waals surface area contributed by atoms with Gasteiger partial charge in [0.1, 0.15) is 16.7 Å². The molecule has 2 aromatic carbocycles. The van der Waals surface area contributed by atoms with E-state index in [1.165, 1.54) is 22.2 Å². The molecule has 3 rings (SSSR count). The highest BCUT2D eigenvalue weighted by Gasteiger charge is 2.40. The maximum absolute atomic E-state index is 13.6. The van der Waals surface area contributed by atoms with Crippen molar-refractivity contribution in [3.05, 3.63) is 88.5 Å². The van der Waals surface area contributed by atoms with E-state index in [0.29, 0.717) is 17.1 Å². The summed E-state index contributed by atoms with van der Waals surface area (Å²) in [6.45, 7) is 8.09. The van der Waals surface area contributed by atoms with Crippen molar-refractivity contribution < 1.29 is 9.59 Å². The molecule has 0 aromatic heterocycles. The van der Waals surface area contributed by atoms with Crippen LogP contribution in [-0.4, -0.2) is 23.6 Å². The zero-order valence-electron chi connectivity index (χ0n) is 19.8. The molecule has 5 nitrogen and oxygen atoms in total. The Morgan fingerprint density at radius 3 is 2.35 bits per heavy atom. The van der Waals surface area contributed by atoms with Gasteiger partial charge in [-0.15, -0.1) is 6.58 Å². The zero-order chi connectivity index (χ0) is 24.5. The minimum atomic E-state index is -0.506. The molecule has 1 heterocycles. The third-order valence-electron chi connectivity index (χ3n) is 5.78. The molecule has 6 heteroatoms. The van der Waals surface area contributed by atoms with Gasteiger partial charge in [0.15, 0.2) is 0 Å². The molecule has 1 fully saturated rings. The molecule has 1 N–H and O–H groups in total. The van der Waals surface area contributed by atoms with Gasteiger partial charge in [0.2, 0.25) is 5.91 Å². The first-order valence-electron chi connectivity index (χ1n) is 11.7. The Kier molecular flexibility index (Phi) is 9.12. The van der Waals surface area contributed by atoms with Crippen molar-refractivity contribution in [3.63, 3.8) is 0 Å². The van der Waals surface area contributed by atoms with Crippen LogP contribution in [0.15, 0.2) is 71.8 Å². The fourth-order valence-electron chi connectivity index (χ4n) is 3.79. The number of benzene rings is 2. The van der Waals surface area contributed by atoms with Gasteiger partial charge in [0.05, 0.1) is 5.25 Å². The minimum absolute atomic E-state index is 0.0582. The fourth-order valence-corrected chi connectivity index (χ4v) is 5.10. The topological polar surface area (TPSA) is 73.2 Å². The van der Waals surface area contributed by atoms with Crippen LogP contribution in [0.2, 0.25) is 0 Å². The van der Waals surface area contributed by atoms with Crippen LogP contribution in [0, 0.1) is 11.3 Å². The first-order valence-corrected chi connectivity index (χ1v) is 12.6. The number of nitriles is 1. The lowest BCUT2D eigenvalue weighted by atomic mass is 10.0. The second kappa shape index (κ2) is 12.2. The Bertz CT molecular complexity index is 1100. The molecular formula is C28H31N3O2S. The number of aryl methyl sites for hydroxylation is 2. The van der Waals surface area contributed by atoms with Crippen LogP contribution < -0.4 is 10.2 Å². The quantitative estimate of drug-likeness (QED) is 0.288. The SMILES string of the molecule is C=CCNC(=O)/C(C#N)=C1\SC(Cc2ccc(CCCC)cc2)C(=O)N1c1ccc(CC)cc1. The molecule has 2 aromatic rings. The highest BCUT2D eigenvalue weighted by Crippen LogP contribution is 2.42. The lowest BCUT2D eigenvalue weighted by Gasteiger charge is -2.19. The molecule has 0 aliphatic carbocycles. The molecule has 1 atom stereocenters. The maximum atomic E-state index is 13.6. The Morgan fingerprint density at radius 2 is 1.76 bits per heavy atom. The Hall–Kier alpha value is -3.30. The summed E-state index contributed by atoms with van der Waals surface area (Å²) < 4.78 is 0. The lowest BCUT2D eigenvalue weighted by Crippen LogP contribution is -2.32. The number of nitrogens with zero attached hydrogens (tertiary/aromatic N) is 2. The molecule has 0 saturated carbocycles. The van der Waals surface area contributed by atoms with E-state index in [4.69, 9.17) is 0 Å². The van der Waals surface area contributed by atoms with E-state index in [2.05, 4.69) is 50.0 Å². The number of hydrogen-bond acceptors (Lipinski definition) is 4. The van der Waals surface area contributed by atoms with Crippen molar-refractivity contribution in [3.8, 4) is 6.07 Å². The van der Waals surface area contributed by atoms with Crippen molar-refractivity contribution in [2.75, 3.05) is 11.4 Å². The fraction of sp³-hybridized carbons (Fsp3) is 0.321. The number of anilines is 1. The second-order valence-electron chi connectivity index (χ2n) is 8.21. The van der Waals surface area contributed by atoms with Crippen molar-refractivity contribution >= 4 is 29.3 Å². The molecule has 0 radical (unpaired) electrons. The van der Waals surface area contributed by atoms with Crippen molar-refractivity contribution in [1.29, 1.82) is 5.26 Å². The monoisotopic (exact) mass is 473 g/mol. The predicted molar refractivity (Wildman–Crippen MR) is 139 cm³/mol. The molecule has 1 unspecified atom stereocenters. The smallest absolute Gasteiger partial charge is 0.264 e. The van der Waals surface area contributed by atoms with Gasteiger partial charge in [0, 0.05) is 12.2 Å². The van der Waals surface area contributed by atoms with Crippen LogP contribution in [0.25, 0.3) is 0 Å². The normalized spacial score (nSPS) is 16.8. The molecule has 0 spiro atoms.